The van der Waals surface area contributed by atoms with E-state index >= 15 is 0 Å². The summed E-state index contributed by atoms with van der Waals surface area (Å²) in [5.41, 5.74) is 3.79. The van der Waals surface area contributed by atoms with Crippen molar-refractivity contribution in [3.8, 4) is 0 Å². The number of aryl methyl sites for hydroxylation is 1. The molecule has 1 aromatic carbocycles. The van der Waals surface area contributed by atoms with Crippen molar-refractivity contribution < 1.29 is 9.21 Å². The van der Waals surface area contributed by atoms with Gasteiger partial charge in [-0.3, -0.25) is 4.79 Å². The Kier molecular flexibility index (Phi) is 3.28. The van der Waals surface area contributed by atoms with Crippen LogP contribution in [0.25, 0.3) is 0 Å². The van der Waals surface area contributed by atoms with E-state index in [1.54, 1.807) is 6.26 Å². The molecule has 0 spiro atoms. The molecule has 0 aliphatic carbocycles. The van der Waals surface area contributed by atoms with Gasteiger partial charge in [-0.2, -0.15) is 0 Å². The van der Waals surface area contributed by atoms with Crippen LogP contribution >= 0.6 is 11.6 Å². The molecule has 1 unspecified atom stereocenters. The number of carbonyl (C=O) groups is 1. The van der Waals surface area contributed by atoms with Crippen molar-refractivity contribution in [3.05, 3.63) is 51.9 Å². The largest absolute Gasteiger partial charge is 0.469 e. The van der Waals surface area contributed by atoms with Gasteiger partial charge in [-0.05, 0) is 43.3 Å². The Labute approximate surface area is 122 Å². The first-order valence-corrected chi connectivity index (χ1v) is 6.81. The first-order chi connectivity index (χ1) is 9.60. The van der Waals surface area contributed by atoms with E-state index in [4.69, 9.17) is 16.0 Å². The first kappa shape index (κ1) is 13.2. The molecule has 0 fully saturated rings. The minimum absolute atomic E-state index is 0.00807. The van der Waals surface area contributed by atoms with Gasteiger partial charge in [-0.25, -0.2) is 0 Å². The number of benzene rings is 1. The molecule has 4 nitrogen and oxygen atoms in total. The van der Waals surface area contributed by atoms with Crippen molar-refractivity contribution in [3.63, 3.8) is 0 Å². The Morgan fingerprint density at radius 3 is 2.85 bits per heavy atom. The van der Waals surface area contributed by atoms with Crippen LogP contribution in [0.1, 0.15) is 28.5 Å². The summed E-state index contributed by atoms with van der Waals surface area (Å²) in [6.45, 7) is 1.92. The average molecular weight is 291 g/mol. The molecule has 1 amide bonds. The Morgan fingerprint density at radius 2 is 2.20 bits per heavy atom. The SMILES string of the molecule is CNC(c1cc2c(cc1Cl)NC(=O)C2)c1ccoc1C. The molecule has 0 saturated heterocycles. The number of furan rings is 1. The lowest BCUT2D eigenvalue weighted by Crippen LogP contribution is -2.18. The van der Waals surface area contributed by atoms with Gasteiger partial charge in [0.2, 0.25) is 5.91 Å². The third kappa shape index (κ3) is 2.11. The molecule has 0 radical (unpaired) electrons. The van der Waals surface area contributed by atoms with Crippen LogP contribution in [-0.2, 0) is 11.2 Å². The molecular weight excluding hydrogens is 276 g/mol. The zero-order valence-electron chi connectivity index (χ0n) is 11.3. The van der Waals surface area contributed by atoms with Gasteiger partial charge in [0, 0.05) is 16.3 Å². The third-order valence-electron chi connectivity index (χ3n) is 3.66. The molecular formula is C15H15ClN2O2. The highest BCUT2D eigenvalue weighted by atomic mass is 35.5. The second kappa shape index (κ2) is 4.96. The van der Waals surface area contributed by atoms with Gasteiger partial charge in [-0.15, -0.1) is 0 Å². The van der Waals surface area contributed by atoms with Gasteiger partial charge in [0.1, 0.15) is 5.76 Å². The standard InChI is InChI=1S/C15H15ClN2O2/c1-8-10(3-4-20-8)15(17-2)11-5-9-6-14(19)18-13(9)7-12(11)16/h3-5,7,15,17H,6H2,1-2H3,(H,18,19). The molecule has 2 aromatic rings. The Morgan fingerprint density at radius 1 is 1.40 bits per heavy atom. The van der Waals surface area contributed by atoms with E-state index in [2.05, 4.69) is 10.6 Å². The number of hydrogen-bond donors (Lipinski definition) is 2. The highest BCUT2D eigenvalue weighted by molar-refractivity contribution is 6.32. The third-order valence-corrected chi connectivity index (χ3v) is 3.98. The van der Waals surface area contributed by atoms with Crippen LogP contribution in [-0.4, -0.2) is 13.0 Å². The van der Waals surface area contributed by atoms with E-state index in [1.165, 1.54) is 0 Å². The molecule has 0 saturated carbocycles. The minimum atomic E-state index is -0.0535. The second-order valence-electron chi connectivity index (χ2n) is 4.91. The van der Waals surface area contributed by atoms with Crippen molar-refractivity contribution >= 4 is 23.2 Å². The predicted molar refractivity (Wildman–Crippen MR) is 78.1 cm³/mol. The van der Waals surface area contributed by atoms with Crippen molar-refractivity contribution in [2.75, 3.05) is 12.4 Å². The molecule has 104 valence electrons. The second-order valence-corrected chi connectivity index (χ2v) is 5.32. The maximum absolute atomic E-state index is 11.5. The van der Waals surface area contributed by atoms with Crippen LogP contribution in [0.5, 0.6) is 0 Å². The van der Waals surface area contributed by atoms with Gasteiger partial charge in [0.05, 0.1) is 18.7 Å². The highest BCUT2D eigenvalue weighted by Gasteiger charge is 2.24. The maximum Gasteiger partial charge on any atom is 0.228 e. The average Bonchev–Trinajstić information content (AvgIpc) is 2.96. The van der Waals surface area contributed by atoms with Crippen LogP contribution in [0.3, 0.4) is 0 Å². The summed E-state index contributed by atoms with van der Waals surface area (Å²) >= 11 is 6.38. The Balaban J connectivity index is 2.07. The van der Waals surface area contributed by atoms with Crippen LogP contribution in [0, 0.1) is 6.92 Å². The monoisotopic (exact) mass is 290 g/mol. The van der Waals surface area contributed by atoms with E-state index in [9.17, 15) is 4.79 Å². The van der Waals surface area contributed by atoms with Crippen LogP contribution in [0.4, 0.5) is 5.69 Å². The lowest BCUT2D eigenvalue weighted by molar-refractivity contribution is -0.115. The maximum atomic E-state index is 11.5. The number of anilines is 1. The summed E-state index contributed by atoms with van der Waals surface area (Å²) in [5.74, 6) is 0.865. The number of carbonyl (C=O) groups excluding carboxylic acids is 1. The van der Waals surface area contributed by atoms with Gasteiger partial charge in [-0.1, -0.05) is 11.6 Å². The van der Waals surface area contributed by atoms with Gasteiger partial charge >= 0.3 is 0 Å². The normalized spacial score (nSPS) is 15.1. The van der Waals surface area contributed by atoms with Crippen molar-refractivity contribution in [1.29, 1.82) is 0 Å². The Bertz CT molecular complexity index is 679. The first-order valence-electron chi connectivity index (χ1n) is 6.43. The quantitative estimate of drug-likeness (QED) is 0.913. The van der Waals surface area contributed by atoms with Gasteiger partial charge < -0.3 is 15.1 Å². The van der Waals surface area contributed by atoms with Crippen molar-refractivity contribution in [2.24, 2.45) is 0 Å². The fourth-order valence-corrected chi connectivity index (χ4v) is 2.93. The fraction of sp³-hybridized carbons (Fsp3) is 0.267. The van der Waals surface area contributed by atoms with E-state index in [-0.39, 0.29) is 11.9 Å². The molecule has 5 heteroatoms. The predicted octanol–water partition coefficient (Wildman–Crippen LogP) is 3.04. The van der Waals surface area contributed by atoms with Gasteiger partial charge in [0.25, 0.3) is 0 Å². The topological polar surface area (TPSA) is 54.3 Å². The minimum Gasteiger partial charge on any atom is -0.469 e. The van der Waals surface area contributed by atoms with Crippen molar-refractivity contribution in [1.82, 2.24) is 5.32 Å². The summed E-state index contributed by atoms with van der Waals surface area (Å²) in [4.78, 5) is 11.5. The number of nitrogens with one attached hydrogen (secondary N) is 2. The summed E-state index contributed by atoms with van der Waals surface area (Å²) in [6.07, 6.45) is 2.07. The molecule has 0 bridgehead atoms. The number of hydrogen-bond acceptors (Lipinski definition) is 3. The van der Waals surface area contributed by atoms with Crippen LogP contribution < -0.4 is 10.6 Å². The summed E-state index contributed by atoms with van der Waals surface area (Å²) in [6, 6.07) is 5.69. The van der Waals surface area contributed by atoms with E-state index < -0.39 is 0 Å². The molecule has 2 N–H and O–H groups in total. The van der Waals surface area contributed by atoms with Crippen LogP contribution in [0.15, 0.2) is 28.9 Å². The van der Waals surface area contributed by atoms with Crippen LogP contribution in [0.2, 0.25) is 5.02 Å². The molecule has 3 rings (SSSR count). The molecule has 1 aliphatic rings. The lowest BCUT2D eigenvalue weighted by Gasteiger charge is -2.18. The fourth-order valence-electron chi connectivity index (χ4n) is 2.66. The summed E-state index contributed by atoms with van der Waals surface area (Å²) in [7, 11) is 1.88. The molecule has 20 heavy (non-hydrogen) atoms. The molecule has 1 aliphatic heterocycles. The molecule has 1 atom stereocenters. The molecule has 1 aromatic heterocycles. The number of halogens is 1. The lowest BCUT2D eigenvalue weighted by atomic mass is 9.96. The Hall–Kier alpha value is -1.78. The number of amides is 1. The smallest absolute Gasteiger partial charge is 0.228 e. The summed E-state index contributed by atoms with van der Waals surface area (Å²) in [5, 5.41) is 6.69. The number of fused-ring (bicyclic) bond motifs is 1. The van der Waals surface area contributed by atoms with Crippen molar-refractivity contribution in [2.45, 2.75) is 19.4 Å². The highest BCUT2D eigenvalue weighted by Crippen LogP contribution is 2.36. The molecule has 2 heterocycles. The van der Waals surface area contributed by atoms with E-state index in [0.29, 0.717) is 11.4 Å². The zero-order valence-corrected chi connectivity index (χ0v) is 12.0. The van der Waals surface area contributed by atoms with E-state index in [0.717, 1.165) is 28.1 Å². The van der Waals surface area contributed by atoms with E-state index in [1.807, 2.05) is 32.2 Å². The zero-order chi connectivity index (χ0) is 14.3. The summed E-state index contributed by atoms with van der Waals surface area (Å²) < 4.78 is 5.37. The van der Waals surface area contributed by atoms with Gasteiger partial charge in [0.15, 0.2) is 0 Å². The number of rotatable bonds is 3.